The van der Waals surface area contributed by atoms with Crippen LogP contribution in [0.4, 0.5) is 4.39 Å². The van der Waals surface area contributed by atoms with Crippen LogP contribution in [0.15, 0.2) is 58.3 Å². The number of alkyl halides is 1. The second-order valence-electron chi connectivity index (χ2n) is 5.77. The van der Waals surface area contributed by atoms with Crippen molar-refractivity contribution in [3.05, 3.63) is 75.6 Å². The van der Waals surface area contributed by atoms with Gasteiger partial charge in [0.15, 0.2) is 24.8 Å². The Morgan fingerprint density at radius 1 is 0.833 bits per heavy atom. The third-order valence-electron chi connectivity index (χ3n) is 3.07. The Morgan fingerprint density at radius 2 is 1.03 bits per heavy atom. The van der Waals surface area contributed by atoms with Crippen LogP contribution >= 0.6 is 0 Å². The van der Waals surface area contributed by atoms with E-state index in [0.717, 1.165) is 11.1 Å². The van der Waals surface area contributed by atoms with Gasteiger partial charge in [0.1, 0.15) is 0 Å². The standard InChI is InChI=1S/C15H16O4S2.C3H8.CH3F.N3.Na/c1-12-3-7-14(8-4-12)20(16,17)11-21(18,19)15-9-5-13(2)6-10-15;1-3-2;1-2;1-3-2;/h3-10H,11H2,1-2H3;3H2,1-2H3;1H3;;/q;;;-1;+1/i;;1D;;. The van der Waals surface area contributed by atoms with Gasteiger partial charge >= 0.3 is 29.6 Å². The second kappa shape index (κ2) is 17.3. The molecule has 2 aromatic rings. The van der Waals surface area contributed by atoms with Crippen LogP contribution in [0.3, 0.4) is 0 Å². The Balaban J connectivity index is -0.000000676. The first kappa shape index (κ1) is 30.8. The number of nitrogens with zero attached hydrogens (tertiary/aromatic N) is 3. The van der Waals surface area contributed by atoms with Crippen molar-refractivity contribution in [1.29, 1.82) is 0 Å². The molecule has 162 valence electrons. The SMILES string of the molecule is CCC.Cc1ccc(S(=O)(=O)CS(=O)(=O)c2ccc(C)cc2)cc1.[2H]CF.[N-]=[N+]=[N-].[Na+]. The maximum atomic E-state index is 12.2. The quantitative estimate of drug-likeness (QED) is 0.295. The summed E-state index contributed by atoms with van der Waals surface area (Å²) >= 11 is 0. The predicted octanol–water partition coefficient (Wildman–Crippen LogP) is 2.38. The maximum Gasteiger partial charge on any atom is 1.00 e. The fourth-order valence-electron chi connectivity index (χ4n) is 1.83. The van der Waals surface area contributed by atoms with E-state index in [9.17, 15) is 21.2 Å². The Morgan fingerprint density at radius 3 is 1.23 bits per heavy atom. The fraction of sp³-hybridized carbons (Fsp3) is 0.368. The molecule has 0 radical (unpaired) electrons. The van der Waals surface area contributed by atoms with Gasteiger partial charge in [-0.1, -0.05) is 55.7 Å². The minimum absolute atomic E-state index is 0. The molecule has 0 heterocycles. The van der Waals surface area contributed by atoms with Gasteiger partial charge < -0.3 is 11.1 Å². The van der Waals surface area contributed by atoms with Crippen LogP contribution in [-0.4, -0.2) is 29.1 Å². The topological polar surface area (TPSA) is 127 Å². The number of sulfone groups is 2. The monoisotopic (exact) mass is 468 g/mol. The molecule has 0 aliphatic heterocycles. The van der Waals surface area contributed by atoms with Crippen LogP contribution in [-0.2, 0) is 19.7 Å². The van der Waals surface area contributed by atoms with Gasteiger partial charge in [-0.3, -0.25) is 9.30 Å². The van der Waals surface area contributed by atoms with Gasteiger partial charge in [-0.2, -0.15) is 0 Å². The smallest absolute Gasteiger partial charge is 0.373 e. The summed E-state index contributed by atoms with van der Waals surface area (Å²) in [5.74, 6) is 0. The van der Waals surface area contributed by atoms with Gasteiger partial charge in [-0.05, 0) is 38.1 Å². The van der Waals surface area contributed by atoms with Crippen LogP contribution in [0, 0.1) is 13.8 Å². The van der Waals surface area contributed by atoms with Crippen LogP contribution < -0.4 is 29.6 Å². The summed E-state index contributed by atoms with van der Waals surface area (Å²) in [7, 11) is -8.76. The largest absolute Gasteiger partial charge is 1.00 e. The second-order valence-corrected chi connectivity index (χ2v) is 10.1. The molecule has 0 saturated carbocycles. The zero-order valence-electron chi connectivity index (χ0n) is 18.9. The molecule has 0 saturated heterocycles. The normalized spacial score (nSPS) is 10.1. The van der Waals surface area contributed by atoms with Crippen LogP contribution in [0.5, 0.6) is 0 Å². The van der Waals surface area contributed by atoms with E-state index < -0.39 is 31.9 Å². The average Bonchev–Trinajstić information content (AvgIpc) is 2.63. The van der Waals surface area contributed by atoms with Gasteiger partial charge in [-0.25, -0.2) is 16.8 Å². The van der Waals surface area contributed by atoms with E-state index in [4.69, 9.17) is 12.4 Å². The molecular formula is C19H27FN3NaO4S2. The Labute approximate surface area is 202 Å². The van der Waals surface area contributed by atoms with Crippen molar-refractivity contribution >= 4 is 19.7 Å². The van der Waals surface area contributed by atoms with Crippen LogP contribution in [0.25, 0.3) is 16.0 Å². The van der Waals surface area contributed by atoms with Crippen LogP contribution in [0.1, 0.15) is 32.8 Å². The third-order valence-corrected chi connectivity index (χ3v) is 7.53. The number of rotatable bonds is 4. The Hall–Kier alpha value is -1.42. The zero-order chi connectivity index (χ0) is 23.8. The zero-order valence-corrected chi connectivity index (χ0v) is 21.5. The molecule has 0 atom stereocenters. The van der Waals surface area contributed by atoms with Crippen molar-refractivity contribution in [3.8, 4) is 0 Å². The molecule has 0 fully saturated rings. The first-order valence-corrected chi connectivity index (χ1v) is 11.7. The van der Waals surface area contributed by atoms with Crippen molar-refractivity contribution in [2.24, 2.45) is 0 Å². The Bertz CT molecular complexity index is 904. The first-order valence-electron chi connectivity index (χ1n) is 9.08. The first-order chi connectivity index (χ1) is 13.9. The summed E-state index contributed by atoms with van der Waals surface area (Å²) < 4.78 is 64.4. The summed E-state index contributed by atoms with van der Waals surface area (Å²) in [5.41, 5.74) is 15.3. The van der Waals surface area contributed by atoms with Gasteiger partial charge in [0.25, 0.3) is 0 Å². The molecule has 2 rings (SSSR count). The summed E-state index contributed by atoms with van der Waals surface area (Å²) in [4.78, 5) is 1.53. The molecule has 0 amide bonds. The fourth-order valence-corrected chi connectivity index (χ4v) is 5.66. The van der Waals surface area contributed by atoms with E-state index in [1.165, 1.54) is 35.6 Å². The molecule has 0 N–H and O–H groups in total. The van der Waals surface area contributed by atoms with E-state index in [2.05, 4.69) is 13.8 Å². The summed E-state index contributed by atoms with van der Waals surface area (Å²) in [6.07, 6.45) is 1.25. The van der Waals surface area contributed by atoms with E-state index in [1.54, 1.807) is 24.3 Å². The minimum atomic E-state index is -3.88. The number of hydrogen-bond acceptors (Lipinski definition) is 4. The number of aryl methyl sites for hydroxylation is 2. The molecule has 0 unspecified atom stereocenters. The van der Waals surface area contributed by atoms with Crippen molar-refractivity contribution in [2.75, 3.05) is 12.2 Å². The predicted molar refractivity (Wildman–Crippen MR) is 115 cm³/mol. The minimum Gasteiger partial charge on any atom is -0.373 e. The Kier molecular flexibility index (Phi) is 17.7. The molecule has 2 aromatic carbocycles. The molecular weight excluding hydrogens is 440 g/mol. The van der Waals surface area contributed by atoms with Gasteiger partial charge in [0, 0.05) is 0 Å². The van der Waals surface area contributed by atoms with Crippen molar-refractivity contribution in [1.82, 2.24) is 0 Å². The molecule has 0 aromatic heterocycles. The molecule has 0 aliphatic rings. The molecule has 7 nitrogen and oxygen atoms in total. The van der Waals surface area contributed by atoms with Crippen molar-refractivity contribution < 1.29 is 52.2 Å². The third kappa shape index (κ3) is 13.0. The summed E-state index contributed by atoms with van der Waals surface area (Å²) in [6.45, 7) is 7.92. The molecule has 0 aliphatic carbocycles. The van der Waals surface area contributed by atoms with E-state index in [1.807, 2.05) is 13.8 Å². The van der Waals surface area contributed by atoms with E-state index >= 15 is 0 Å². The molecule has 11 heteroatoms. The van der Waals surface area contributed by atoms with Crippen molar-refractivity contribution in [2.45, 2.75) is 43.9 Å². The molecule has 30 heavy (non-hydrogen) atoms. The summed E-state index contributed by atoms with van der Waals surface area (Å²) in [5, 5.41) is -0.924. The van der Waals surface area contributed by atoms with Crippen molar-refractivity contribution in [3.63, 3.8) is 0 Å². The number of hydrogen-bond donors (Lipinski definition) is 0. The average molecular weight is 469 g/mol. The van der Waals surface area contributed by atoms with Gasteiger partial charge in [0.05, 0.1) is 18.3 Å². The van der Waals surface area contributed by atoms with E-state index in [-0.39, 0.29) is 39.3 Å². The number of benzene rings is 2. The summed E-state index contributed by atoms with van der Waals surface area (Å²) in [6, 6.07) is 12.3. The maximum absolute atomic E-state index is 12.2. The van der Waals surface area contributed by atoms with E-state index in [0.29, 0.717) is 0 Å². The van der Waals surface area contributed by atoms with Crippen LogP contribution in [0.2, 0.25) is 0 Å². The molecule has 0 bridgehead atoms. The van der Waals surface area contributed by atoms with Gasteiger partial charge in [-0.15, -0.1) is 0 Å². The molecule has 0 spiro atoms. The number of halogens is 1. The van der Waals surface area contributed by atoms with Gasteiger partial charge in [0.2, 0.25) is 0 Å².